The highest BCUT2D eigenvalue weighted by Gasteiger charge is 2.17. The number of aromatic nitrogens is 1. The molecule has 0 aliphatic carbocycles. The molecule has 2 aromatic carbocycles. The normalized spacial score (nSPS) is 10.9. The Labute approximate surface area is 181 Å². The Balaban J connectivity index is 2.00. The number of ketones is 1. The number of ether oxygens (including phenoxy) is 1. The predicted octanol–water partition coefficient (Wildman–Crippen LogP) is 5.67. The van der Waals surface area contributed by atoms with Crippen molar-refractivity contribution >= 4 is 21.7 Å². The molecule has 0 saturated carbocycles. The molecule has 0 fully saturated rings. The predicted molar refractivity (Wildman–Crippen MR) is 115 cm³/mol. The monoisotopic (exact) mass is 475 g/mol. The van der Waals surface area contributed by atoms with Gasteiger partial charge in [-0.15, -0.1) is 0 Å². The minimum atomic E-state index is -0.718. The van der Waals surface area contributed by atoms with E-state index in [2.05, 4.69) is 15.9 Å². The summed E-state index contributed by atoms with van der Waals surface area (Å²) in [6.45, 7) is 5.23. The van der Waals surface area contributed by atoms with Gasteiger partial charge in [-0.05, 0) is 53.5 Å². The Morgan fingerprint density at radius 3 is 2.50 bits per heavy atom. The van der Waals surface area contributed by atoms with Crippen LogP contribution in [0.5, 0.6) is 5.75 Å². The zero-order valence-electron chi connectivity index (χ0n) is 16.8. The third kappa shape index (κ3) is 4.36. The Kier molecular flexibility index (Phi) is 6.51. The summed E-state index contributed by atoms with van der Waals surface area (Å²) in [7, 11) is 0. The zero-order valence-corrected chi connectivity index (χ0v) is 18.3. The molecule has 0 amide bonds. The number of Topliss-reactive ketones (excluding diaryl/α,β-unsaturated/α-hetero) is 1. The summed E-state index contributed by atoms with van der Waals surface area (Å²) in [5, 5.41) is 0. The molecule has 0 bridgehead atoms. The maximum Gasteiger partial charge on any atom is 0.273 e. The number of nitrogens with zero attached hydrogens (tertiary/aromatic N) is 1. The van der Waals surface area contributed by atoms with Gasteiger partial charge in [-0.3, -0.25) is 14.2 Å². The van der Waals surface area contributed by atoms with E-state index in [-0.39, 0.29) is 33.7 Å². The standard InChI is InChI=1S/C23H20BrF2NO3/c1-4-20(28)15-6-5-13(2)19(10-15)27-14(3)9-21(22(24)23(27)29)30-12-16-7-8-17(25)11-18(16)26/h5-11H,4,12H2,1-3H3. The van der Waals surface area contributed by atoms with Crippen LogP contribution in [0.2, 0.25) is 0 Å². The van der Waals surface area contributed by atoms with E-state index < -0.39 is 11.6 Å². The van der Waals surface area contributed by atoms with Gasteiger partial charge in [0.05, 0.1) is 5.69 Å². The number of hydrogen-bond acceptors (Lipinski definition) is 3. The molecule has 7 heteroatoms. The molecule has 30 heavy (non-hydrogen) atoms. The van der Waals surface area contributed by atoms with Crippen molar-refractivity contribution in [3.63, 3.8) is 0 Å². The van der Waals surface area contributed by atoms with Gasteiger partial charge in [0.25, 0.3) is 5.56 Å². The average Bonchev–Trinajstić information content (AvgIpc) is 2.71. The second-order valence-corrected chi connectivity index (χ2v) is 7.70. The SMILES string of the molecule is CCC(=O)c1ccc(C)c(-n2c(C)cc(OCc3ccc(F)cc3F)c(Br)c2=O)c1. The fourth-order valence-electron chi connectivity index (χ4n) is 3.11. The maximum atomic E-state index is 13.8. The van der Waals surface area contributed by atoms with Gasteiger partial charge in [0, 0.05) is 35.4 Å². The summed E-state index contributed by atoms with van der Waals surface area (Å²) in [6, 6.07) is 10.1. The van der Waals surface area contributed by atoms with Crippen LogP contribution in [-0.2, 0) is 6.61 Å². The van der Waals surface area contributed by atoms with Gasteiger partial charge in [-0.1, -0.05) is 19.1 Å². The smallest absolute Gasteiger partial charge is 0.273 e. The van der Waals surface area contributed by atoms with Crippen LogP contribution >= 0.6 is 15.9 Å². The number of halogens is 3. The Morgan fingerprint density at radius 2 is 1.83 bits per heavy atom. The largest absolute Gasteiger partial charge is 0.487 e. The number of rotatable bonds is 6. The van der Waals surface area contributed by atoms with Gasteiger partial charge in [-0.25, -0.2) is 8.78 Å². The Hall–Kier alpha value is -2.80. The molecule has 1 heterocycles. The molecule has 0 saturated heterocycles. The van der Waals surface area contributed by atoms with E-state index in [9.17, 15) is 18.4 Å². The summed E-state index contributed by atoms with van der Waals surface area (Å²) in [5.74, 6) is -1.16. The molecule has 4 nitrogen and oxygen atoms in total. The van der Waals surface area contributed by atoms with Crippen molar-refractivity contribution < 1.29 is 18.3 Å². The first kappa shape index (κ1) is 21.9. The van der Waals surface area contributed by atoms with Crippen molar-refractivity contribution in [2.75, 3.05) is 0 Å². The lowest BCUT2D eigenvalue weighted by Crippen LogP contribution is -2.23. The molecule has 3 rings (SSSR count). The van der Waals surface area contributed by atoms with Crippen molar-refractivity contribution in [1.82, 2.24) is 4.57 Å². The van der Waals surface area contributed by atoms with Gasteiger partial charge in [-0.2, -0.15) is 0 Å². The zero-order chi connectivity index (χ0) is 22.0. The van der Waals surface area contributed by atoms with Crippen molar-refractivity contribution in [3.8, 4) is 11.4 Å². The molecule has 0 aliphatic heterocycles. The minimum absolute atomic E-state index is 0.0118. The highest BCUT2D eigenvalue weighted by Crippen LogP contribution is 2.27. The number of benzene rings is 2. The Morgan fingerprint density at radius 1 is 1.10 bits per heavy atom. The quantitative estimate of drug-likeness (QED) is 0.431. The lowest BCUT2D eigenvalue weighted by molar-refractivity contribution is 0.0988. The first-order chi connectivity index (χ1) is 14.2. The molecule has 3 aromatic rings. The lowest BCUT2D eigenvalue weighted by Gasteiger charge is -2.17. The molecule has 0 spiro atoms. The Bertz CT molecular complexity index is 1190. The van der Waals surface area contributed by atoms with E-state index >= 15 is 0 Å². The number of hydrogen-bond donors (Lipinski definition) is 0. The summed E-state index contributed by atoms with van der Waals surface area (Å²) in [5.41, 5.74) is 2.37. The maximum absolute atomic E-state index is 13.8. The molecule has 0 unspecified atom stereocenters. The van der Waals surface area contributed by atoms with Gasteiger partial charge in [0.15, 0.2) is 5.78 Å². The van der Waals surface area contributed by atoms with Crippen LogP contribution in [-0.4, -0.2) is 10.4 Å². The summed E-state index contributed by atoms with van der Waals surface area (Å²) in [4.78, 5) is 25.2. The number of carbonyl (C=O) groups is 1. The highest BCUT2D eigenvalue weighted by molar-refractivity contribution is 9.10. The summed E-state index contributed by atoms with van der Waals surface area (Å²) < 4.78 is 34.2. The first-order valence-electron chi connectivity index (χ1n) is 9.36. The third-order valence-electron chi connectivity index (χ3n) is 4.79. The van der Waals surface area contributed by atoms with E-state index in [0.717, 1.165) is 17.7 Å². The van der Waals surface area contributed by atoms with Crippen LogP contribution in [0.3, 0.4) is 0 Å². The number of aryl methyl sites for hydroxylation is 2. The minimum Gasteiger partial charge on any atom is -0.487 e. The van der Waals surface area contributed by atoms with Gasteiger partial charge in [0.1, 0.15) is 28.5 Å². The number of pyridine rings is 1. The molecule has 0 atom stereocenters. The third-order valence-corrected chi connectivity index (χ3v) is 5.52. The first-order valence-corrected chi connectivity index (χ1v) is 10.1. The topological polar surface area (TPSA) is 48.3 Å². The van der Waals surface area contributed by atoms with Crippen molar-refractivity contribution in [2.24, 2.45) is 0 Å². The average molecular weight is 476 g/mol. The molecule has 0 aliphatic rings. The van der Waals surface area contributed by atoms with E-state index in [1.165, 1.54) is 10.6 Å². The van der Waals surface area contributed by atoms with Crippen molar-refractivity contribution in [2.45, 2.75) is 33.8 Å². The lowest BCUT2D eigenvalue weighted by atomic mass is 10.0. The molecular weight excluding hydrogens is 456 g/mol. The van der Waals surface area contributed by atoms with Crippen LogP contribution in [0.4, 0.5) is 8.78 Å². The van der Waals surface area contributed by atoms with Crippen LogP contribution in [0.25, 0.3) is 5.69 Å². The number of carbonyl (C=O) groups excluding carboxylic acids is 1. The van der Waals surface area contributed by atoms with Gasteiger partial charge >= 0.3 is 0 Å². The van der Waals surface area contributed by atoms with Gasteiger partial charge < -0.3 is 4.74 Å². The van der Waals surface area contributed by atoms with E-state index in [1.807, 2.05) is 6.92 Å². The molecule has 0 radical (unpaired) electrons. The van der Waals surface area contributed by atoms with Crippen molar-refractivity contribution in [1.29, 1.82) is 0 Å². The van der Waals surface area contributed by atoms with Crippen LogP contribution in [0, 0.1) is 25.5 Å². The van der Waals surface area contributed by atoms with E-state index in [0.29, 0.717) is 23.4 Å². The fourth-order valence-corrected chi connectivity index (χ4v) is 3.51. The second kappa shape index (κ2) is 8.92. The highest BCUT2D eigenvalue weighted by atomic mass is 79.9. The van der Waals surface area contributed by atoms with E-state index in [4.69, 9.17) is 4.74 Å². The molecule has 1 aromatic heterocycles. The fraction of sp³-hybridized carbons (Fsp3) is 0.217. The second-order valence-electron chi connectivity index (χ2n) is 6.91. The van der Waals surface area contributed by atoms with Crippen LogP contribution in [0.15, 0.2) is 51.7 Å². The molecule has 156 valence electrons. The summed E-state index contributed by atoms with van der Waals surface area (Å²) >= 11 is 3.27. The van der Waals surface area contributed by atoms with Crippen molar-refractivity contribution in [3.05, 3.63) is 91.3 Å². The van der Waals surface area contributed by atoms with Crippen LogP contribution < -0.4 is 10.3 Å². The molecular formula is C23H20BrF2NO3. The summed E-state index contributed by atoms with van der Waals surface area (Å²) in [6.07, 6.45) is 0.368. The van der Waals surface area contributed by atoms with Crippen LogP contribution in [0.1, 0.15) is 40.5 Å². The van der Waals surface area contributed by atoms with E-state index in [1.54, 1.807) is 38.1 Å². The molecule has 0 N–H and O–H groups in total. The van der Waals surface area contributed by atoms with Gasteiger partial charge in [0.2, 0.25) is 0 Å².